The van der Waals surface area contributed by atoms with E-state index < -0.39 is 6.10 Å². The van der Waals surface area contributed by atoms with E-state index in [1.54, 1.807) is 23.2 Å². The first-order valence-electron chi connectivity index (χ1n) is 8.31. The van der Waals surface area contributed by atoms with Gasteiger partial charge in [-0.2, -0.15) is 0 Å². The van der Waals surface area contributed by atoms with E-state index in [2.05, 4.69) is 10.3 Å². The van der Waals surface area contributed by atoms with E-state index in [1.807, 2.05) is 42.5 Å². The largest absolute Gasteiger partial charge is 0.476 e. The van der Waals surface area contributed by atoms with Gasteiger partial charge in [-0.15, -0.1) is 0 Å². The van der Waals surface area contributed by atoms with Gasteiger partial charge in [-0.25, -0.2) is 0 Å². The van der Waals surface area contributed by atoms with Crippen LogP contribution in [0.25, 0.3) is 10.9 Å². The van der Waals surface area contributed by atoms with E-state index >= 15 is 0 Å². The van der Waals surface area contributed by atoms with E-state index in [0.29, 0.717) is 17.1 Å². The summed E-state index contributed by atoms with van der Waals surface area (Å²) in [6.07, 6.45) is 0.819. The van der Waals surface area contributed by atoms with Crippen molar-refractivity contribution in [2.24, 2.45) is 0 Å². The average molecular weight is 347 g/mol. The Bertz CT molecular complexity index is 1000. The maximum absolute atomic E-state index is 12.7. The Morgan fingerprint density at radius 3 is 2.77 bits per heavy atom. The molecule has 1 aromatic heterocycles. The molecular formula is C20H17N3O3. The molecule has 0 radical (unpaired) electrons. The first-order chi connectivity index (χ1) is 12.6. The van der Waals surface area contributed by atoms with Gasteiger partial charge in [0.2, 0.25) is 5.91 Å². The second kappa shape index (κ2) is 6.48. The molecule has 130 valence electrons. The first-order valence-corrected chi connectivity index (χ1v) is 8.31. The van der Waals surface area contributed by atoms with Crippen LogP contribution < -0.4 is 15.0 Å². The second-order valence-corrected chi connectivity index (χ2v) is 6.11. The molecule has 0 aliphatic carbocycles. The number of nitrogens with one attached hydrogen (secondary N) is 1. The van der Waals surface area contributed by atoms with Gasteiger partial charge in [-0.05, 0) is 24.3 Å². The third kappa shape index (κ3) is 2.97. The molecule has 26 heavy (non-hydrogen) atoms. The number of ether oxygens (including phenoxy) is 1. The summed E-state index contributed by atoms with van der Waals surface area (Å²) < 4.78 is 5.81. The molecule has 1 unspecified atom stereocenters. The lowest BCUT2D eigenvalue weighted by Gasteiger charge is -2.33. The molecule has 0 bridgehead atoms. The number of benzene rings is 2. The Balaban J connectivity index is 1.57. The van der Waals surface area contributed by atoms with Gasteiger partial charge in [-0.1, -0.05) is 30.3 Å². The number of carbonyl (C=O) groups excluding carboxylic acids is 2. The third-order valence-corrected chi connectivity index (χ3v) is 4.30. The third-order valence-electron chi connectivity index (χ3n) is 4.30. The van der Waals surface area contributed by atoms with E-state index in [-0.39, 0.29) is 18.4 Å². The van der Waals surface area contributed by atoms with Crippen LogP contribution in [-0.2, 0) is 9.59 Å². The molecule has 0 saturated carbocycles. The number of carbonyl (C=O) groups is 2. The normalized spacial score (nSPS) is 15.9. The van der Waals surface area contributed by atoms with Crippen molar-refractivity contribution in [3.05, 3.63) is 60.8 Å². The summed E-state index contributed by atoms with van der Waals surface area (Å²) in [5.74, 6) is 0.0690. The molecule has 1 atom stereocenters. The zero-order valence-corrected chi connectivity index (χ0v) is 14.2. The van der Waals surface area contributed by atoms with E-state index in [9.17, 15) is 9.59 Å². The number of nitrogens with zero attached hydrogens (tertiary/aromatic N) is 2. The maximum Gasteiger partial charge on any atom is 0.267 e. The SMILES string of the molecule is CC(=O)N1CC(C(=O)Nc2cnc3ccccc3c2)Oc2ccccc21. The van der Waals surface area contributed by atoms with Crippen LogP contribution in [0.2, 0.25) is 0 Å². The molecule has 0 spiro atoms. The quantitative estimate of drug-likeness (QED) is 0.774. The highest BCUT2D eigenvalue weighted by molar-refractivity contribution is 6.00. The van der Waals surface area contributed by atoms with Crippen LogP contribution in [0.3, 0.4) is 0 Å². The number of rotatable bonds is 2. The number of para-hydroxylation sites is 3. The molecule has 1 aliphatic heterocycles. The number of fused-ring (bicyclic) bond motifs is 2. The Morgan fingerprint density at radius 2 is 1.92 bits per heavy atom. The van der Waals surface area contributed by atoms with E-state index in [1.165, 1.54) is 6.92 Å². The second-order valence-electron chi connectivity index (χ2n) is 6.11. The summed E-state index contributed by atoms with van der Waals surface area (Å²) in [5.41, 5.74) is 2.12. The lowest BCUT2D eigenvalue weighted by Crippen LogP contribution is -2.48. The summed E-state index contributed by atoms with van der Waals surface area (Å²) in [6, 6.07) is 16.7. The van der Waals surface area contributed by atoms with Crippen molar-refractivity contribution >= 4 is 34.1 Å². The minimum absolute atomic E-state index is 0.133. The van der Waals surface area contributed by atoms with E-state index in [4.69, 9.17) is 4.74 Å². The summed E-state index contributed by atoms with van der Waals surface area (Å²) in [4.78, 5) is 30.5. The standard InChI is InChI=1S/C20H17N3O3/c1-13(24)23-12-19(26-18-9-5-4-8-17(18)23)20(25)22-15-10-14-6-2-3-7-16(14)21-11-15/h2-11,19H,12H2,1H3,(H,22,25). The number of pyridine rings is 1. The van der Waals surface area contributed by atoms with Crippen LogP contribution in [0, 0.1) is 0 Å². The first kappa shape index (κ1) is 16.1. The lowest BCUT2D eigenvalue weighted by molar-refractivity contribution is -0.123. The van der Waals surface area contributed by atoms with Gasteiger partial charge in [0.15, 0.2) is 6.10 Å². The predicted molar refractivity (Wildman–Crippen MR) is 99.3 cm³/mol. The van der Waals surface area contributed by atoms with Crippen molar-refractivity contribution in [2.75, 3.05) is 16.8 Å². The van der Waals surface area contributed by atoms with E-state index in [0.717, 1.165) is 10.9 Å². The molecule has 0 fully saturated rings. The molecule has 2 aromatic carbocycles. The average Bonchev–Trinajstić information content (AvgIpc) is 2.66. The molecule has 1 N–H and O–H groups in total. The van der Waals surface area contributed by atoms with Crippen molar-refractivity contribution < 1.29 is 14.3 Å². The fourth-order valence-electron chi connectivity index (χ4n) is 3.03. The van der Waals surface area contributed by atoms with Crippen molar-refractivity contribution in [1.29, 1.82) is 0 Å². The van der Waals surface area contributed by atoms with Crippen LogP contribution in [0.5, 0.6) is 5.75 Å². The molecule has 2 amide bonds. The van der Waals surface area contributed by atoms with Gasteiger partial charge in [0.1, 0.15) is 5.75 Å². The fraction of sp³-hybridized carbons (Fsp3) is 0.150. The summed E-state index contributed by atoms with van der Waals surface area (Å²) in [7, 11) is 0. The molecule has 2 heterocycles. The Morgan fingerprint density at radius 1 is 1.15 bits per heavy atom. The highest BCUT2D eigenvalue weighted by Crippen LogP contribution is 2.33. The van der Waals surface area contributed by atoms with Crippen LogP contribution >= 0.6 is 0 Å². The Kier molecular flexibility index (Phi) is 4.01. The van der Waals surface area contributed by atoms with Gasteiger partial charge in [-0.3, -0.25) is 14.6 Å². The molecule has 1 aliphatic rings. The van der Waals surface area contributed by atoms with Gasteiger partial charge in [0.05, 0.1) is 29.6 Å². The molecule has 6 nitrogen and oxygen atoms in total. The number of amides is 2. The number of hydrogen-bond acceptors (Lipinski definition) is 4. The highest BCUT2D eigenvalue weighted by atomic mass is 16.5. The molecule has 3 aromatic rings. The maximum atomic E-state index is 12.7. The molecule has 4 rings (SSSR count). The van der Waals surface area contributed by atoms with Crippen molar-refractivity contribution in [3.8, 4) is 5.75 Å². The molecular weight excluding hydrogens is 330 g/mol. The van der Waals surface area contributed by atoms with Crippen LogP contribution in [0.1, 0.15) is 6.92 Å². The summed E-state index contributed by atoms with van der Waals surface area (Å²) in [5, 5.41) is 3.77. The van der Waals surface area contributed by atoms with Crippen molar-refractivity contribution in [2.45, 2.75) is 13.0 Å². The van der Waals surface area contributed by atoms with Crippen molar-refractivity contribution in [1.82, 2.24) is 4.98 Å². The van der Waals surface area contributed by atoms with Gasteiger partial charge >= 0.3 is 0 Å². The smallest absolute Gasteiger partial charge is 0.267 e. The van der Waals surface area contributed by atoms with Gasteiger partial charge in [0.25, 0.3) is 5.91 Å². The monoisotopic (exact) mass is 347 g/mol. The van der Waals surface area contributed by atoms with Gasteiger partial charge < -0.3 is 15.0 Å². The fourth-order valence-corrected chi connectivity index (χ4v) is 3.03. The van der Waals surface area contributed by atoms with Gasteiger partial charge in [0, 0.05) is 12.3 Å². The Hall–Kier alpha value is -3.41. The number of aromatic nitrogens is 1. The summed E-state index contributed by atoms with van der Waals surface area (Å²) >= 11 is 0. The lowest BCUT2D eigenvalue weighted by atomic mass is 10.1. The predicted octanol–water partition coefficient (Wildman–Crippen LogP) is 2.99. The molecule has 0 saturated heterocycles. The topological polar surface area (TPSA) is 71.5 Å². The minimum Gasteiger partial charge on any atom is -0.476 e. The molecule has 6 heteroatoms. The zero-order valence-electron chi connectivity index (χ0n) is 14.2. The highest BCUT2D eigenvalue weighted by Gasteiger charge is 2.32. The van der Waals surface area contributed by atoms with Crippen LogP contribution in [0.4, 0.5) is 11.4 Å². The number of anilines is 2. The van der Waals surface area contributed by atoms with Crippen LogP contribution in [0.15, 0.2) is 60.8 Å². The number of hydrogen-bond donors (Lipinski definition) is 1. The minimum atomic E-state index is -0.791. The Labute approximate surface area is 150 Å². The zero-order chi connectivity index (χ0) is 18.1. The van der Waals surface area contributed by atoms with Crippen LogP contribution in [-0.4, -0.2) is 29.4 Å². The summed E-state index contributed by atoms with van der Waals surface area (Å²) in [6.45, 7) is 1.64. The van der Waals surface area contributed by atoms with Crippen molar-refractivity contribution in [3.63, 3.8) is 0 Å².